The van der Waals surface area contributed by atoms with E-state index in [9.17, 15) is 0 Å². The zero-order valence-corrected chi connectivity index (χ0v) is 14.2. The van der Waals surface area contributed by atoms with Gasteiger partial charge in [-0.3, -0.25) is 0 Å². The smallest absolute Gasteiger partial charge is 0.0630 e. The number of thiophene rings is 1. The van der Waals surface area contributed by atoms with E-state index in [1.165, 1.54) is 64.2 Å². The SMILES string of the molecule is CCNC(C1=CCCCCCC1)c1cc2c(s1)CCCC2. The van der Waals surface area contributed by atoms with E-state index in [0.717, 1.165) is 6.54 Å². The van der Waals surface area contributed by atoms with Crippen LogP contribution >= 0.6 is 11.3 Å². The van der Waals surface area contributed by atoms with Gasteiger partial charge in [0.15, 0.2) is 0 Å². The van der Waals surface area contributed by atoms with Crippen LogP contribution in [0.2, 0.25) is 0 Å². The second-order valence-corrected chi connectivity index (χ2v) is 7.70. The molecule has 2 aliphatic rings. The molecule has 2 aliphatic carbocycles. The lowest BCUT2D eigenvalue weighted by Crippen LogP contribution is -2.22. The summed E-state index contributed by atoms with van der Waals surface area (Å²) in [4.78, 5) is 3.25. The molecule has 21 heavy (non-hydrogen) atoms. The maximum absolute atomic E-state index is 3.77. The molecule has 0 bridgehead atoms. The third-order valence-electron chi connectivity index (χ3n) is 4.91. The van der Waals surface area contributed by atoms with Crippen molar-refractivity contribution in [3.8, 4) is 0 Å². The van der Waals surface area contributed by atoms with E-state index in [4.69, 9.17) is 0 Å². The Bertz CT molecular complexity index is 462. The minimum atomic E-state index is 0.490. The summed E-state index contributed by atoms with van der Waals surface area (Å²) in [6, 6.07) is 3.01. The number of hydrogen-bond donors (Lipinski definition) is 1. The van der Waals surface area contributed by atoms with Crippen molar-refractivity contribution >= 4 is 11.3 Å². The number of hydrogen-bond acceptors (Lipinski definition) is 2. The molecular weight excluding hydrogens is 274 g/mol. The average molecular weight is 304 g/mol. The number of likely N-dealkylation sites (N-methyl/N-ethyl adjacent to an activating group) is 1. The van der Waals surface area contributed by atoms with Crippen LogP contribution in [-0.4, -0.2) is 6.54 Å². The third-order valence-corrected chi connectivity index (χ3v) is 6.21. The Labute approximate surface area is 133 Å². The molecule has 0 saturated carbocycles. The first-order valence-electron chi connectivity index (χ1n) is 8.92. The quantitative estimate of drug-likeness (QED) is 0.718. The van der Waals surface area contributed by atoms with E-state index >= 15 is 0 Å². The molecule has 3 rings (SSSR count). The molecule has 0 amide bonds. The minimum Gasteiger partial charge on any atom is -0.306 e. The van der Waals surface area contributed by atoms with Crippen LogP contribution in [0.25, 0.3) is 0 Å². The van der Waals surface area contributed by atoms with Gasteiger partial charge in [-0.05, 0) is 69.5 Å². The molecular formula is C19H29NS. The van der Waals surface area contributed by atoms with E-state index < -0.39 is 0 Å². The standard InChI is InChI=1S/C19H29NS/c1-2-20-19(15-10-6-4-3-5-7-11-15)18-14-16-12-8-9-13-17(16)21-18/h10,14,19-20H,2-9,11-13H2,1H3. The lowest BCUT2D eigenvalue weighted by molar-refractivity contribution is 0.558. The van der Waals surface area contributed by atoms with Gasteiger partial charge in [-0.15, -0.1) is 11.3 Å². The predicted molar refractivity (Wildman–Crippen MR) is 93.2 cm³/mol. The van der Waals surface area contributed by atoms with Crippen LogP contribution in [0.5, 0.6) is 0 Å². The fourth-order valence-corrected chi connectivity index (χ4v) is 5.13. The van der Waals surface area contributed by atoms with E-state index in [2.05, 4.69) is 35.7 Å². The highest BCUT2D eigenvalue weighted by molar-refractivity contribution is 7.12. The normalized spacial score (nSPS) is 21.1. The Balaban J connectivity index is 1.84. The molecule has 1 heterocycles. The average Bonchev–Trinajstić information content (AvgIpc) is 2.89. The fraction of sp³-hybridized carbons (Fsp3) is 0.684. The van der Waals surface area contributed by atoms with Crippen LogP contribution < -0.4 is 5.32 Å². The van der Waals surface area contributed by atoms with Crippen molar-refractivity contribution in [3.63, 3.8) is 0 Å². The predicted octanol–water partition coefficient (Wildman–Crippen LogP) is 5.56. The molecule has 116 valence electrons. The van der Waals surface area contributed by atoms with Crippen molar-refractivity contribution in [2.45, 2.75) is 77.2 Å². The highest BCUT2D eigenvalue weighted by atomic mass is 32.1. The minimum absolute atomic E-state index is 0.490. The molecule has 1 N–H and O–H groups in total. The maximum Gasteiger partial charge on any atom is 0.0630 e. The summed E-state index contributed by atoms with van der Waals surface area (Å²) < 4.78 is 0. The van der Waals surface area contributed by atoms with Gasteiger partial charge in [-0.2, -0.15) is 0 Å². The van der Waals surface area contributed by atoms with Gasteiger partial charge in [0, 0.05) is 9.75 Å². The Kier molecular flexibility index (Phi) is 5.54. The Hall–Kier alpha value is -0.600. The molecule has 1 aromatic heterocycles. The van der Waals surface area contributed by atoms with Crippen LogP contribution in [0.3, 0.4) is 0 Å². The molecule has 1 unspecified atom stereocenters. The van der Waals surface area contributed by atoms with Crippen LogP contribution in [0.15, 0.2) is 17.7 Å². The highest BCUT2D eigenvalue weighted by Gasteiger charge is 2.21. The molecule has 2 heteroatoms. The third kappa shape index (κ3) is 3.78. The van der Waals surface area contributed by atoms with Gasteiger partial charge in [0.2, 0.25) is 0 Å². The molecule has 1 aromatic rings. The van der Waals surface area contributed by atoms with Gasteiger partial charge in [0.1, 0.15) is 0 Å². The van der Waals surface area contributed by atoms with Crippen molar-refractivity contribution in [2.75, 3.05) is 6.54 Å². The highest BCUT2D eigenvalue weighted by Crippen LogP contribution is 2.37. The summed E-state index contributed by atoms with van der Waals surface area (Å²) in [6.07, 6.45) is 16.1. The monoisotopic (exact) mass is 303 g/mol. The van der Waals surface area contributed by atoms with Gasteiger partial charge >= 0.3 is 0 Å². The molecule has 0 saturated heterocycles. The molecule has 0 fully saturated rings. The molecule has 0 aliphatic heterocycles. The number of rotatable bonds is 4. The molecule has 1 atom stereocenters. The zero-order chi connectivity index (χ0) is 14.5. The summed E-state index contributed by atoms with van der Waals surface area (Å²) in [5, 5.41) is 3.77. The van der Waals surface area contributed by atoms with Gasteiger partial charge in [-0.1, -0.05) is 31.4 Å². The Morgan fingerprint density at radius 1 is 1.05 bits per heavy atom. The Morgan fingerprint density at radius 2 is 1.86 bits per heavy atom. The first kappa shape index (κ1) is 15.3. The zero-order valence-electron chi connectivity index (χ0n) is 13.4. The van der Waals surface area contributed by atoms with Crippen molar-refractivity contribution in [1.82, 2.24) is 5.32 Å². The molecule has 0 spiro atoms. The number of aryl methyl sites for hydroxylation is 2. The summed E-state index contributed by atoms with van der Waals surface area (Å²) in [5.74, 6) is 0. The topological polar surface area (TPSA) is 12.0 Å². The molecule has 0 radical (unpaired) electrons. The molecule has 0 aromatic carbocycles. The molecule has 1 nitrogen and oxygen atoms in total. The van der Waals surface area contributed by atoms with E-state index in [0.29, 0.717) is 6.04 Å². The first-order chi connectivity index (χ1) is 10.4. The number of nitrogens with one attached hydrogen (secondary N) is 1. The lowest BCUT2D eigenvalue weighted by Gasteiger charge is -2.22. The van der Waals surface area contributed by atoms with Crippen LogP contribution in [0, 0.1) is 0 Å². The number of allylic oxidation sites excluding steroid dienone is 1. The van der Waals surface area contributed by atoms with E-state index in [-0.39, 0.29) is 0 Å². The second kappa shape index (κ2) is 7.60. The second-order valence-electron chi connectivity index (χ2n) is 6.53. The van der Waals surface area contributed by atoms with Gasteiger partial charge in [0.25, 0.3) is 0 Å². The summed E-state index contributed by atoms with van der Waals surface area (Å²) in [5.41, 5.74) is 3.31. The lowest BCUT2D eigenvalue weighted by atomic mass is 9.93. The van der Waals surface area contributed by atoms with Crippen LogP contribution in [0.4, 0.5) is 0 Å². The van der Waals surface area contributed by atoms with Crippen molar-refractivity contribution in [2.24, 2.45) is 0 Å². The van der Waals surface area contributed by atoms with Crippen LogP contribution in [-0.2, 0) is 12.8 Å². The fourth-order valence-electron chi connectivity index (χ4n) is 3.75. The summed E-state index contributed by atoms with van der Waals surface area (Å²) in [6.45, 7) is 3.30. The summed E-state index contributed by atoms with van der Waals surface area (Å²) >= 11 is 2.09. The Morgan fingerprint density at radius 3 is 2.71 bits per heavy atom. The largest absolute Gasteiger partial charge is 0.306 e. The van der Waals surface area contributed by atoms with Crippen molar-refractivity contribution < 1.29 is 0 Å². The summed E-state index contributed by atoms with van der Waals surface area (Å²) in [7, 11) is 0. The van der Waals surface area contributed by atoms with Gasteiger partial charge in [0.05, 0.1) is 6.04 Å². The van der Waals surface area contributed by atoms with Crippen molar-refractivity contribution in [3.05, 3.63) is 33.0 Å². The first-order valence-corrected chi connectivity index (χ1v) is 9.74. The van der Waals surface area contributed by atoms with Crippen molar-refractivity contribution in [1.29, 1.82) is 0 Å². The van der Waals surface area contributed by atoms with E-state index in [1.807, 2.05) is 0 Å². The number of fused-ring (bicyclic) bond motifs is 1. The van der Waals surface area contributed by atoms with Gasteiger partial charge < -0.3 is 5.32 Å². The van der Waals surface area contributed by atoms with Crippen LogP contribution in [0.1, 0.15) is 79.6 Å². The maximum atomic E-state index is 3.77. The van der Waals surface area contributed by atoms with Gasteiger partial charge in [-0.25, -0.2) is 0 Å². The van der Waals surface area contributed by atoms with E-state index in [1.54, 1.807) is 20.9 Å².